The quantitative estimate of drug-likeness (QED) is 0.745. The van der Waals surface area contributed by atoms with E-state index in [9.17, 15) is 4.79 Å². The lowest BCUT2D eigenvalue weighted by Gasteiger charge is -2.15. The number of nitrogens with zero attached hydrogens (tertiary/aromatic N) is 1. The van der Waals surface area contributed by atoms with Crippen LogP contribution in [0.1, 0.15) is 11.5 Å². The topological polar surface area (TPSA) is 72.3 Å². The zero-order valence-electron chi connectivity index (χ0n) is 9.10. The van der Waals surface area contributed by atoms with Gasteiger partial charge in [0.15, 0.2) is 0 Å². The van der Waals surface area contributed by atoms with Crippen LogP contribution in [0.5, 0.6) is 0 Å². The van der Waals surface area contributed by atoms with Crippen molar-refractivity contribution in [3.05, 3.63) is 29.8 Å². The molecule has 4 heteroatoms. The predicted octanol–water partition coefficient (Wildman–Crippen LogP) is 0.280. The van der Waals surface area contributed by atoms with E-state index in [1.807, 2.05) is 43.3 Å². The maximum atomic E-state index is 11.1. The molecular formula is C11H17N3O. The largest absolute Gasteiger partial charge is 0.378 e. The molecular weight excluding hydrogens is 190 g/mol. The molecule has 0 aliphatic rings. The fourth-order valence-corrected chi connectivity index (χ4v) is 1.42. The van der Waals surface area contributed by atoms with Gasteiger partial charge in [-0.1, -0.05) is 12.1 Å². The van der Waals surface area contributed by atoms with Gasteiger partial charge in [-0.3, -0.25) is 4.79 Å². The number of carbonyl (C=O) groups is 1. The lowest BCUT2D eigenvalue weighted by Crippen LogP contribution is -2.27. The molecule has 1 unspecified atom stereocenters. The minimum Gasteiger partial charge on any atom is -0.378 e. The average molecular weight is 207 g/mol. The van der Waals surface area contributed by atoms with Gasteiger partial charge in [-0.05, 0) is 17.7 Å². The summed E-state index contributed by atoms with van der Waals surface area (Å²) in [5, 5.41) is 0. The van der Waals surface area contributed by atoms with Crippen LogP contribution >= 0.6 is 0 Å². The molecule has 82 valence electrons. The van der Waals surface area contributed by atoms with Crippen molar-refractivity contribution < 1.29 is 4.79 Å². The molecule has 1 rings (SSSR count). The molecule has 4 nitrogen and oxygen atoms in total. The Labute approximate surface area is 89.9 Å². The van der Waals surface area contributed by atoms with Crippen molar-refractivity contribution in [2.75, 3.05) is 25.5 Å². The second-order valence-corrected chi connectivity index (χ2v) is 3.68. The van der Waals surface area contributed by atoms with Crippen LogP contribution < -0.4 is 16.4 Å². The van der Waals surface area contributed by atoms with Crippen molar-refractivity contribution in [2.24, 2.45) is 11.5 Å². The summed E-state index contributed by atoms with van der Waals surface area (Å²) in [6.45, 7) is 0.247. The summed E-state index contributed by atoms with van der Waals surface area (Å²) in [5.74, 6) is -0.767. The van der Waals surface area contributed by atoms with Crippen LogP contribution in [0.4, 0.5) is 5.69 Å². The standard InChI is InChI=1S/C11H17N3O/c1-14(2)9-5-3-8(4-6-9)10(7-12)11(13)15/h3-6,10H,7,12H2,1-2H3,(H2,13,15). The molecule has 1 aromatic rings. The Kier molecular flexibility index (Phi) is 3.68. The van der Waals surface area contributed by atoms with Gasteiger partial charge >= 0.3 is 0 Å². The predicted molar refractivity (Wildman–Crippen MR) is 61.8 cm³/mol. The Morgan fingerprint density at radius 3 is 2.20 bits per heavy atom. The molecule has 1 amide bonds. The maximum Gasteiger partial charge on any atom is 0.226 e. The highest BCUT2D eigenvalue weighted by molar-refractivity contribution is 5.82. The highest BCUT2D eigenvalue weighted by Gasteiger charge is 2.15. The summed E-state index contributed by atoms with van der Waals surface area (Å²) in [4.78, 5) is 13.1. The second-order valence-electron chi connectivity index (χ2n) is 3.68. The highest BCUT2D eigenvalue weighted by atomic mass is 16.1. The Morgan fingerprint density at radius 1 is 1.33 bits per heavy atom. The number of hydrogen-bond donors (Lipinski definition) is 2. The van der Waals surface area contributed by atoms with E-state index >= 15 is 0 Å². The van der Waals surface area contributed by atoms with Crippen molar-refractivity contribution in [1.29, 1.82) is 0 Å². The molecule has 1 atom stereocenters. The van der Waals surface area contributed by atoms with Crippen molar-refractivity contribution in [3.63, 3.8) is 0 Å². The van der Waals surface area contributed by atoms with Crippen molar-refractivity contribution in [1.82, 2.24) is 0 Å². The number of benzene rings is 1. The van der Waals surface area contributed by atoms with E-state index in [1.54, 1.807) is 0 Å². The van der Waals surface area contributed by atoms with Crippen LogP contribution in [0.25, 0.3) is 0 Å². The molecule has 0 fully saturated rings. The van der Waals surface area contributed by atoms with Crippen LogP contribution in [0.15, 0.2) is 24.3 Å². The molecule has 0 saturated carbocycles. The van der Waals surface area contributed by atoms with Crippen LogP contribution in [0, 0.1) is 0 Å². The Hall–Kier alpha value is -1.55. The fraction of sp³-hybridized carbons (Fsp3) is 0.364. The summed E-state index contributed by atoms with van der Waals surface area (Å²) >= 11 is 0. The first-order chi connectivity index (χ1) is 7.06. The third-order valence-corrected chi connectivity index (χ3v) is 2.39. The molecule has 0 aliphatic carbocycles. The van der Waals surface area contributed by atoms with Gasteiger partial charge in [-0.25, -0.2) is 0 Å². The molecule has 15 heavy (non-hydrogen) atoms. The average Bonchev–Trinajstić information content (AvgIpc) is 2.19. The summed E-state index contributed by atoms with van der Waals surface area (Å²) < 4.78 is 0. The number of rotatable bonds is 4. The lowest BCUT2D eigenvalue weighted by molar-refractivity contribution is -0.119. The smallest absolute Gasteiger partial charge is 0.226 e. The van der Waals surface area contributed by atoms with Gasteiger partial charge in [0.05, 0.1) is 5.92 Å². The lowest BCUT2D eigenvalue weighted by atomic mass is 9.98. The van der Waals surface area contributed by atoms with Gasteiger partial charge < -0.3 is 16.4 Å². The highest BCUT2D eigenvalue weighted by Crippen LogP contribution is 2.18. The molecule has 0 bridgehead atoms. The van der Waals surface area contributed by atoms with Gasteiger partial charge in [-0.2, -0.15) is 0 Å². The van der Waals surface area contributed by atoms with Gasteiger partial charge in [0.25, 0.3) is 0 Å². The minimum absolute atomic E-state index is 0.247. The number of primary amides is 1. The van der Waals surface area contributed by atoms with E-state index < -0.39 is 0 Å². The van der Waals surface area contributed by atoms with Gasteiger partial charge in [0.1, 0.15) is 0 Å². The normalized spacial score (nSPS) is 12.2. The van der Waals surface area contributed by atoms with E-state index in [2.05, 4.69) is 0 Å². The molecule has 0 spiro atoms. The van der Waals surface area contributed by atoms with E-state index in [0.29, 0.717) is 0 Å². The minimum atomic E-state index is -0.388. The first-order valence-corrected chi connectivity index (χ1v) is 4.83. The van der Waals surface area contributed by atoms with Crippen LogP contribution in [-0.2, 0) is 4.79 Å². The molecule has 0 aliphatic heterocycles. The maximum absolute atomic E-state index is 11.1. The molecule has 4 N–H and O–H groups in total. The summed E-state index contributed by atoms with van der Waals surface area (Å²) in [6, 6.07) is 7.66. The van der Waals surface area contributed by atoms with Gasteiger partial charge in [0, 0.05) is 26.3 Å². The third kappa shape index (κ3) is 2.70. The Morgan fingerprint density at radius 2 is 1.87 bits per heavy atom. The zero-order chi connectivity index (χ0) is 11.4. The van der Waals surface area contributed by atoms with Gasteiger partial charge in [-0.15, -0.1) is 0 Å². The van der Waals surface area contributed by atoms with E-state index in [-0.39, 0.29) is 18.4 Å². The van der Waals surface area contributed by atoms with E-state index in [4.69, 9.17) is 11.5 Å². The van der Waals surface area contributed by atoms with Crippen molar-refractivity contribution in [3.8, 4) is 0 Å². The monoisotopic (exact) mass is 207 g/mol. The number of carbonyl (C=O) groups excluding carboxylic acids is 1. The number of nitrogens with two attached hydrogens (primary N) is 2. The second kappa shape index (κ2) is 4.79. The number of hydrogen-bond acceptors (Lipinski definition) is 3. The molecule has 0 aromatic heterocycles. The van der Waals surface area contributed by atoms with Crippen molar-refractivity contribution >= 4 is 11.6 Å². The number of amides is 1. The van der Waals surface area contributed by atoms with Gasteiger partial charge in [0.2, 0.25) is 5.91 Å². The number of anilines is 1. The summed E-state index contributed by atoms with van der Waals surface area (Å²) in [7, 11) is 3.92. The molecule has 1 aromatic carbocycles. The Bertz CT molecular complexity index is 332. The third-order valence-electron chi connectivity index (χ3n) is 2.39. The van der Waals surface area contributed by atoms with E-state index in [0.717, 1.165) is 11.3 Å². The van der Waals surface area contributed by atoms with Crippen LogP contribution in [-0.4, -0.2) is 26.5 Å². The molecule has 0 heterocycles. The molecule has 0 radical (unpaired) electrons. The van der Waals surface area contributed by atoms with Crippen LogP contribution in [0.2, 0.25) is 0 Å². The first-order valence-electron chi connectivity index (χ1n) is 4.83. The summed E-state index contributed by atoms with van der Waals surface area (Å²) in [5.41, 5.74) is 12.7. The fourth-order valence-electron chi connectivity index (χ4n) is 1.42. The zero-order valence-corrected chi connectivity index (χ0v) is 9.10. The molecule has 0 saturated heterocycles. The first kappa shape index (κ1) is 11.5. The Balaban J connectivity index is 2.92. The SMILES string of the molecule is CN(C)c1ccc(C(CN)C(N)=O)cc1. The van der Waals surface area contributed by atoms with Crippen molar-refractivity contribution in [2.45, 2.75) is 5.92 Å². The van der Waals surface area contributed by atoms with E-state index in [1.165, 1.54) is 0 Å². The van der Waals surface area contributed by atoms with Crippen LogP contribution in [0.3, 0.4) is 0 Å². The summed E-state index contributed by atoms with van der Waals surface area (Å²) in [6.07, 6.45) is 0.